The minimum atomic E-state index is -0.586. The Morgan fingerprint density at radius 2 is 2.00 bits per heavy atom. The van der Waals surface area contributed by atoms with Gasteiger partial charge in [-0.2, -0.15) is 0 Å². The van der Waals surface area contributed by atoms with Crippen LogP contribution in [0.1, 0.15) is 31.2 Å². The Morgan fingerprint density at radius 1 is 1.28 bits per heavy atom. The van der Waals surface area contributed by atoms with Crippen molar-refractivity contribution in [3.05, 3.63) is 46.9 Å². The Hall–Kier alpha value is -2.54. The molecular formula is C21H27ClFN5O. The van der Waals surface area contributed by atoms with Gasteiger partial charge in [0.15, 0.2) is 0 Å². The Balaban J connectivity index is 1.90. The molecule has 2 amide bonds. The maximum Gasteiger partial charge on any atom is 0.319 e. The molecule has 8 heteroatoms. The molecule has 1 aromatic carbocycles. The number of hydrogen-bond acceptors (Lipinski definition) is 4. The number of anilines is 3. The number of primary amides is 1. The SMILES string of the molecule is Cc1cnc(NC2CCCCC2N(C(N)=O)c2ccc(F)c(Cl)c2)cc1N(C)C. The van der Waals surface area contributed by atoms with E-state index in [1.165, 1.54) is 23.1 Å². The summed E-state index contributed by atoms with van der Waals surface area (Å²) < 4.78 is 13.6. The van der Waals surface area contributed by atoms with Gasteiger partial charge in [0.05, 0.1) is 11.1 Å². The van der Waals surface area contributed by atoms with Gasteiger partial charge >= 0.3 is 6.03 Å². The number of nitrogens with zero attached hydrogens (tertiary/aromatic N) is 3. The fraction of sp³-hybridized carbons (Fsp3) is 0.429. The molecule has 1 aliphatic carbocycles. The number of aromatic nitrogens is 1. The van der Waals surface area contributed by atoms with E-state index in [1.54, 1.807) is 0 Å². The predicted octanol–water partition coefficient (Wildman–Crippen LogP) is 4.56. The number of benzene rings is 1. The molecule has 1 fully saturated rings. The van der Waals surface area contributed by atoms with Gasteiger partial charge in [-0.3, -0.25) is 4.90 Å². The Kier molecular flexibility index (Phi) is 6.47. The molecule has 1 saturated carbocycles. The first kappa shape index (κ1) is 21.2. The number of carbonyl (C=O) groups is 1. The summed E-state index contributed by atoms with van der Waals surface area (Å²) in [5, 5.41) is 3.45. The molecule has 6 nitrogen and oxygen atoms in total. The minimum absolute atomic E-state index is 0.0368. The van der Waals surface area contributed by atoms with Crippen LogP contribution in [0.25, 0.3) is 0 Å². The van der Waals surface area contributed by atoms with Crippen molar-refractivity contribution in [3.63, 3.8) is 0 Å². The number of rotatable bonds is 5. The van der Waals surface area contributed by atoms with E-state index in [-0.39, 0.29) is 17.1 Å². The Labute approximate surface area is 175 Å². The van der Waals surface area contributed by atoms with Crippen LogP contribution < -0.4 is 20.9 Å². The average Bonchev–Trinajstić information content (AvgIpc) is 2.67. The van der Waals surface area contributed by atoms with E-state index in [0.29, 0.717) is 5.69 Å². The van der Waals surface area contributed by atoms with E-state index < -0.39 is 11.8 Å². The molecule has 29 heavy (non-hydrogen) atoms. The number of carbonyl (C=O) groups excluding carboxylic acids is 1. The van der Waals surface area contributed by atoms with Crippen LogP contribution in [-0.2, 0) is 0 Å². The highest BCUT2D eigenvalue weighted by Crippen LogP contribution is 2.32. The maximum atomic E-state index is 13.6. The molecule has 2 unspecified atom stereocenters. The number of aryl methyl sites for hydroxylation is 1. The number of urea groups is 1. The van der Waals surface area contributed by atoms with Gasteiger partial charge in [0.25, 0.3) is 0 Å². The Morgan fingerprint density at radius 3 is 2.66 bits per heavy atom. The zero-order valence-electron chi connectivity index (χ0n) is 17.0. The number of amides is 2. The lowest BCUT2D eigenvalue weighted by atomic mass is 9.88. The van der Waals surface area contributed by atoms with Crippen LogP contribution in [0.2, 0.25) is 5.02 Å². The number of hydrogen-bond donors (Lipinski definition) is 2. The predicted molar refractivity (Wildman–Crippen MR) is 116 cm³/mol. The second-order valence-electron chi connectivity index (χ2n) is 7.66. The molecule has 0 aliphatic heterocycles. The molecule has 2 atom stereocenters. The van der Waals surface area contributed by atoms with Crippen molar-refractivity contribution in [2.75, 3.05) is 29.2 Å². The van der Waals surface area contributed by atoms with Gasteiger partial charge in [-0.25, -0.2) is 14.2 Å². The van der Waals surface area contributed by atoms with E-state index in [2.05, 4.69) is 10.3 Å². The monoisotopic (exact) mass is 419 g/mol. The molecule has 0 saturated heterocycles. The summed E-state index contributed by atoms with van der Waals surface area (Å²) in [6, 6.07) is 5.43. The fourth-order valence-electron chi connectivity index (χ4n) is 3.97. The quantitative estimate of drug-likeness (QED) is 0.745. The summed E-state index contributed by atoms with van der Waals surface area (Å²) in [6.07, 6.45) is 5.50. The van der Waals surface area contributed by atoms with Crippen molar-refractivity contribution >= 4 is 34.8 Å². The van der Waals surface area contributed by atoms with Crippen molar-refractivity contribution in [3.8, 4) is 0 Å². The lowest BCUT2D eigenvalue weighted by molar-refractivity contribution is 0.248. The van der Waals surface area contributed by atoms with E-state index in [1.807, 2.05) is 38.2 Å². The minimum Gasteiger partial charge on any atom is -0.377 e. The van der Waals surface area contributed by atoms with Gasteiger partial charge in [-0.15, -0.1) is 0 Å². The normalized spacial score (nSPS) is 18.9. The first-order chi connectivity index (χ1) is 13.8. The highest BCUT2D eigenvalue weighted by molar-refractivity contribution is 6.31. The summed E-state index contributed by atoms with van der Waals surface area (Å²) >= 11 is 5.95. The zero-order chi connectivity index (χ0) is 21.1. The van der Waals surface area contributed by atoms with E-state index >= 15 is 0 Å². The van der Waals surface area contributed by atoms with Gasteiger partial charge in [0.2, 0.25) is 0 Å². The number of nitrogens with two attached hydrogens (primary N) is 1. The van der Waals surface area contributed by atoms with Crippen LogP contribution in [0, 0.1) is 12.7 Å². The van der Waals surface area contributed by atoms with Gasteiger partial charge in [-0.1, -0.05) is 24.4 Å². The fourth-order valence-corrected chi connectivity index (χ4v) is 4.14. The van der Waals surface area contributed by atoms with Crippen molar-refractivity contribution in [2.45, 2.75) is 44.7 Å². The molecule has 1 heterocycles. The summed E-state index contributed by atoms with van der Waals surface area (Å²) in [5.41, 5.74) is 8.38. The van der Waals surface area contributed by atoms with Crippen molar-refractivity contribution in [1.29, 1.82) is 0 Å². The van der Waals surface area contributed by atoms with Gasteiger partial charge < -0.3 is 16.0 Å². The van der Waals surface area contributed by atoms with Crippen molar-refractivity contribution in [2.24, 2.45) is 5.73 Å². The van der Waals surface area contributed by atoms with E-state index in [0.717, 1.165) is 42.8 Å². The van der Waals surface area contributed by atoms with Crippen LogP contribution in [-0.4, -0.2) is 37.2 Å². The lowest BCUT2D eigenvalue weighted by Gasteiger charge is -2.39. The molecule has 0 bridgehead atoms. The van der Waals surface area contributed by atoms with Gasteiger partial charge in [-0.05, 0) is 43.5 Å². The Bertz CT molecular complexity index is 891. The molecule has 1 aromatic heterocycles. The lowest BCUT2D eigenvalue weighted by Crippen LogP contribution is -2.53. The highest BCUT2D eigenvalue weighted by atomic mass is 35.5. The topological polar surface area (TPSA) is 74.5 Å². The second kappa shape index (κ2) is 8.86. The number of halogens is 2. The van der Waals surface area contributed by atoms with Crippen LogP contribution in [0.5, 0.6) is 0 Å². The summed E-state index contributed by atoms with van der Waals surface area (Å²) in [5.74, 6) is 0.219. The molecule has 0 spiro atoms. The molecule has 2 aromatic rings. The van der Waals surface area contributed by atoms with Crippen LogP contribution >= 0.6 is 11.6 Å². The first-order valence-corrected chi connectivity index (χ1v) is 10.1. The number of nitrogens with one attached hydrogen (secondary N) is 1. The van der Waals surface area contributed by atoms with Gasteiger partial charge in [0.1, 0.15) is 11.6 Å². The highest BCUT2D eigenvalue weighted by Gasteiger charge is 2.33. The van der Waals surface area contributed by atoms with Gasteiger partial charge in [0, 0.05) is 43.8 Å². The van der Waals surface area contributed by atoms with Crippen molar-refractivity contribution < 1.29 is 9.18 Å². The zero-order valence-corrected chi connectivity index (χ0v) is 17.7. The number of pyridine rings is 1. The summed E-state index contributed by atoms with van der Waals surface area (Å²) in [7, 11) is 3.98. The third kappa shape index (κ3) is 4.72. The van der Waals surface area contributed by atoms with Crippen LogP contribution in [0.3, 0.4) is 0 Å². The van der Waals surface area contributed by atoms with E-state index in [9.17, 15) is 9.18 Å². The maximum absolute atomic E-state index is 13.6. The van der Waals surface area contributed by atoms with Crippen LogP contribution in [0.15, 0.2) is 30.5 Å². The summed E-state index contributed by atoms with van der Waals surface area (Å²) in [6.45, 7) is 2.02. The second-order valence-corrected chi connectivity index (χ2v) is 8.07. The molecule has 3 rings (SSSR count). The largest absolute Gasteiger partial charge is 0.377 e. The smallest absolute Gasteiger partial charge is 0.319 e. The van der Waals surface area contributed by atoms with Crippen molar-refractivity contribution in [1.82, 2.24) is 4.98 Å². The van der Waals surface area contributed by atoms with Crippen LogP contribution in [0.4, 0.5) is 26.4 Å². The summed E-state index contributed by atoms with van der Waals surface area (Å²) in [4.78, 5) is 20.4. The first-order valence-electron chi connectivity index (χ1n) is 9.72. The molecule has 0 radical (unpaired) electrons. The third-order valence-electron chi connectivity index (χ3n) is 5.37. The standard InChI is InChI=1S/C21H27ClFN5O/c1-13-12-25-20(11-19(13)27(2)3)26-17-6-4-5-7-18(17)28(21(24)29)14-8-9-16(23)15(22)10-14/h8-12,17-18H,4-7H2,1-3H3,(H2,24,29)(H,25,26). The van der Waals surface area contributed by atoms with E-state index in [4.69, 9.17) is 17.3 Å². The molecule has 156 valence electrons. The molecule has 1 aliphatic rings. The molecular weight excluding hydrogens is 393 g/mol. The average molecular weight is 420 g/mol. The molecule has 3 N–H and O–H groups in total. The third-order valence-corrected chi connectivity index (χ3v) is 5.66.